The normalized spacial score (nSPS) is 17.1. The number of anilines is 1. The molecule has 0 spiro atoms. The van der Waals surface area contributed by atoms with Gasteiger partial charge in [-0.1, -0.05) is 36.1 Å². The maximum Gasteiger partial charge on any atom is 0.263 e. The van der Waals surface area contributed by atoms with E-state index in [1.165, 1.54) is 17.4 Å². The number of hydrogen-bond donors (Lipinski definition) is 1. The highest BCUT2D eigenvalue weighted by atomic mass is 32.2. The molecular formula is C13H14N2OS2. The van der Waals surface area contributed by atoms with Crippen LogP contribution in [0.4, 0.5) is 5.69 Å². The van der Waals surface area contributed by atoms with Crippen molar-refractivity contribution < 1.29 is 4.79 Å². The minimum atomic E-state index is -0.111. The van der Waals surface area contributed by atoms with E-state index >= 15 is 0 Å². The van der Waals surface area contributed by atoms with Crippen LogP contribution in [0, 0.1) is 0 Å². The molecule has 1 heterocycles. The predicted octanol–water partition coefficient (Wildman–Crippen LogP) is 2.63. The Balaban J connectivity index is 2.18. The van der Waals surface area contributed by atoms with Gasteiger partial charge >= 0.3 is 0 Å². The molecule has 1 N–H and O–H groups in total. The van der Waals surface area contributed by atoms with Gasteiger partial charge < -0.3 is 10.2 Å². The molecule has 0 saturated carbocycles. The smallest absolute Gasteiger partial charge is 0.263 e. The van der Waals surface area contributed by atoms with Gasteiger partial charge in [0.1, 0.15) is 4.32 Å². The quantitative estimate of drug-likeness (QED) is 0.680. The van der Waals surface area contributed by atoms with Crippen LogP contribution < -0.4 is 10.2 Å². The van der Waals surface area contributed by atoms with Crippen molar-refractivity contribution in [2.45, 2.75) is 6.92 Å². The minimum Gasteiger partial charge on any atom is -0.375 e. The van der Waals surface area contributed by atoms with Gasteiger partial charge in [0.2, 0.25) is 0 Å². The number of thioether (sulfide) groups is 1. The molecule has 1 saturated heterocycles. The molecule has 1 fully saturated rings. The van der Waals surface area contributed by atoms with Crippen molar-refractivity contribution in [3.05, 3.63) is 34.7 Å². The molecule has 0 unspecified atom stereocenters. The van der Waals surface area contributed by atoms with Crippen molar-refractivity contribution in [1.29, 1.82) is 0 Å². The number of carbonyl (C=O) groups excluding carboxylic acids is 1. The molecular weight excluding hydrogens is 264 g/mol. The van der Waals surface area contributed by atoms with Crippen LogP contribution in [-0.4, -0.2) is 23.8 Å². The van der Waals surface area contributed by atoms with Gasteiger partial charge in [0, 0.05) is 19.3 Å². The molecule has 1 aromatic rings. The second-order valence-corrected chi connectivity index (χ2v) is 5.68. The standard InChI is InChI=1S/C13H14N2OS2/c1-3-15(2)10-6-4-9(5-7-10)8-11-12(16)14-13(17)18-11/h4-8H,3H2,1-2H3,(H,14,16,17)/b11-8-. The van der Waals surface area contributed by atoms with E-state index in [0.29, 0.717) is 9.23 Å². The third-order valence-corrected chi connectivity index (χ3v) is 3.91. The lowest BCUT2D eigenvalue weighted by Crippen LogP contribution is -2.17. The minimum absolute atomic E-state index is 0.111. The Morgan fingerprint density at radius 3 is 2.56 bits per heavy atom. The summed E-state index contributed by atoms with van der Waals surface area (Å²) >= 11 is 6.25. The SMILES string of the molecule is CCN(C)c1ccc(/C=C2\SC(=S)NC2=O)cc1. The zero-order valence-electron chi connectivity index (χ0n) is 10.3. The fraction of sp³-hybridized carbons (Fsp3) is 0.231. The fourth-order valence-corrected chi connectivity index (χ4v) is 2.62. The predicted molar refractivity (Wildman–Crippen MR) is 81.7 cm³/mol. The number of hydrogen-bond acceptors (Lipinski definition) is 4. The zero-order chi connectivity index (χ0) is 13.1. The number of rotatable bonds is 3. The number of nitrogens with zero attached hydrogens (tertiary/aromatic N) is 1. The maximum absolute atomic E-state index is 11.5. The highest BCUT2D eigenvalue weighted by Crippen LogP contribution is 2.26. The zero-order valence-corrected chi connectivity index (χ0v) is 11.9. The Hall–Kier alpha value is -1.33. The Labute approximate surface area is 116 Å². The number of thiocarbonyl (C=S) groups is 1. The van der Waals surface area contributed by atoms with Crippen LogP contribution in [-0.2, 0) is 4.79 Å². The maximum atomic E-state index is 11.5. The van der Waals surface area contributed by atoms with Gasteiger partial charge in [0.15, 0.2) is 0 Å². The second-order valence-electron chi connectivity index (χ2n) is 3.96. The van der Waals surface area contributed by atoms with Crippen LogP contribution in [0.5, 0.6) is 0 Å². The molecule has 5 heteroatoms. The summed E-state index contributed by atoms with van der Waals surface area (Å²) in [6.07, 6.45) is 1.86. The summed E-state index contributed by atoms with van der Waals surface area (Å²) in [6, 6.07) is 8.10. The lowest BCUT2D eigenvalue weighted by Gasteiger charge is -2.16. The molecule has 1 aromatic carbocycles. The first-order valence-corrected chi connectivity index (χ1v) is 6.88. The Kier molecular flexibility index (Phi) is 4.04. The van der Waals surface area contributed by atoms with Crippen molar-refractivity contribution >= 4 is 46.0 Å². The summed E-state index contributed by atoms with van der Waals surface area (Å²) < 4.78 is 0.522. The number of carbonyl (C=O) groups is 1. The van der Waals surface area contributed by atoms with Crippen LogP contribution in [0.25, 0.3) is 6.08 Å². The summed E-state index contributed by atoms with van der Waals surface area (Å²) in [4.78, 5) is 14.3. The van der Waals surface area contributed by atoms with Gasteiger partial charge in [-0.2, -0.15) is 0 Å². The molecule has 94 valence electrons. The summed E-state index contributed by atoms with van der Waals surface area (Å²) in [7, 11) is 2.05. The van der Waals surface area contributed by atoms with E-state index in [0.717, 1.165) is 12.1 Å². The van der Waals surface area contributed by atoms with Crippen LogP contribution in [0.15, 0.2) is 29.2 Å². The molecule has 0 bridgehead atoms. The van der Waals surface area contributed by atoms with Crippen molar-refractivity contribution in [3.8, 4) is 0 Å². The molecule has 18 heavy (non-hydrogen) atoms. The first-order chi connectivity index (χ1) is 8.60. The molecule has 1 aliphatic rings. The molecule has 0 aliphatic carbocycles. The molecule has 1 aliphatic heterocycles. The van der Waals surface area contributed by atoms with Crippen LogP contribution in [0.3, 0.4) is 0 Å². The highest BCUT2D eigenvalue weighted by molar-refractivity contribution is 8.26. The van der Waals surface area contributed by atoms with Crippen molar-refractivity contribution in [3.63, 3.8) is 0 Å². The second kappa shape index (κ2) is 5.54. The van der Waals surface area contributed by atoms with E-state index < -0.39 is 0 Å². The van der Waals surface area contributed by atoms with Gasteiger partial charge in [-0.15, -0.1) is 0 Å². The lowest BCUT2D eigenvalue weighted by atomic mass is 10.2. The van der Waals surface area contributed by atoms with Crippen molar-refractivity contribution in [2.75, 3.05) is 18.5 Å². The van der Waals surface area contributed by atoms with Gasteiger partial charge in [0.05, 0.1) is 4.91 Å². The van der Waals surface area contributed by atoms with Gasteiger partial charge in [-0.05, 0) is 30.7 Å². The number of benzene rings is 1. The summed E-state index contributed by atoms with van der Waals surface area (Å²) in [5, 5.41) is 2.60. The van der Waals surface area contributed by atoms with Crippen LogP contribution in [0.1, 0.15) is 12.5 Å². The first kappa shape index (κ1) is 13.1. The number of nitrogens with one attached hydrogen (secondary N) is 1. The third kappa shape index (κ3) is 2.91. The van der Waals surface area contributed by atoms with E-state index in [1.54, 1.807) is 0 Å². The summed E-state index contributed by atoms with van der Waals surface area (Å²) in [5.41, 5.74) is 2.17. The molecule has 3 nitrogen and oxygen atoms in total. The Morgan fingerprint density at radius 2 is 2.06 bits per heavy atom. The molecule has 1 amide bonds. The van der Waals surface area contributed by atoms with E-state index in [4.69, 9.17) is 12.2 Å². The van der Waals surface area contributed by atoms with E-state index in [9.17, 15) is 4.79 Å². The first-order valence-electron chi connectivity index (χ1n) is 5.66. The molecule has 0 radical (unpaired) electrons. The fourth-order valence-electron chi connectivity index (χ4n) is 1.58. The number of amides is 1. The van der Waals surface area contributed by atoms with E-state index in [2.05, 4.69) is 17.1 Å². The molecule has 0 atom stereocenters. The highest BCUT2D eigenvalue weighted by Gasteiger charge is 2.21. The van der Waals surface area contributed by atoms with E-state index in [1.807, 2.05) is 37.4 Å². The topological polar surface area (TPSA) is 32.3 Å². The van der Waals surface area contributed by atoms with E-state index in [-0.39, 0.29) is 5.91 Å². The van der Waals surface area contributed by atoms with Crippen molar-refractivity contribution in [1.82, 2.24) is 5.32 Å². The summed E-state index contributed by atoms with van der Waals surface area (Å²) in [5.74, 6) is -0.111. The Bertz CT molecular complexity index is 508. The van der Waals surface area contributed by atoms with Crippen LogP contribution >= 0.6 is 24.0 Å². The van der Waals surface area contributed by atoms with Gasteiger partial charge in [-0.3, -0.25) is 4.79 Å². The molecule has 2 rings (SSSR count). The lowest BCUT2D eigenvalue weighted by molar-refractivity contribution is -0.115. The van der Waals surface area contributed by atoms with Crippen molar-refractivity contribution in [2.24, 2.45) is 0 Å². The third-order valence-electron chi connectivity index (χ3n) is 2.75. The largest absolute Gasteiger partial charge is 0.375 e. The molecule has 0 aromatic heterocycles. The summed E-state index contributed by atoms with van der Waals surface area (Å²) in [6.45, 7) is 3.07. The van der Waals surface area contributed by atoms with Gasteiger partial charge in [-0.25, -0.2) is 0 Å². The average Bonchev–Trinajstić information content (AvgIpc) is 2.68. The van der Waals surface area contributed by atoms with Gasteiger partial charge in [0.25, 0.3) is 5.91 Å². The monoisotopic (exact) mass is 278 g/mol. The Morgan fingerprint density at radius 1 is 1.39 bits per heavy atom. The van der Waals surface area contributed by atoms with Crippen LogP contribution in [0.2, 0.25) is 0 Å². The average molecular weight is 278 g/mol.